The highest BCUT2D eigenvalue weighted by atomic mass is 35.5. The number of amides is 1. The molecule has 0 saturated carbocycles. The second kappa shape index (κ2) is 11.6. The van der Waals surface area contributed by atoms with E-state index in [1.165, 1.54) is 4.31 Å². The number of rotatable bonds is 9. The van der Waals surface area contributed by atoms with Crippen LogP contribution >= 0.6 is 35.0 Å². The Morgan fingerprint density at radius 1 is 1.00 bits per heavy atom. The zero-order chi connectivity index (χ0) is 24.8. The normalized spacial score (nSPS) is 15.3. The highest BCUT2D eigenvalue weighted by molar-refractivity contribution is 7.98. The maximum absolute atomic E-state index is 13.3. The number of thioether (sulfide) groups is 1. The molecule has 0 radical (unpaired) electrons. The Kier molecular flexibility index (Phi) is 8.49. The van der Waals surface area contributed by atoms with Crippen molar-refractivity contribution in [3.63, 3.8) is 0 Å². The predicted molar refractivity (Wildman–Crippen MR) is 143 cm³/mol. The third kappa shape index (κ3) is 6.44. The molecule has 0 saturated heterocycles. The van der Waals surface area contributed by atoms with Crippen molar-refractivity contribution in [2.24, 2.45) is 0 Å². The molecular formula is C25H24Cl2N2O4S2. The third-order valence-corrected chi connectivity index (χ3v) is 8.82. The van der Waals surface area contributed by atoms with Crippen LogP contribution < -0.4 is 14.4 Å². The van der Waals surface area contributed by atoms with Gasteiger partial charge in [-0.25, -0.2) is 8.42 Å². The molecule has 0 bridgehead atoms. The summed E-state index contributed by atoms with van der Waals surface area (Å²) in [5, 5.41) is 4.07. The average molecular weight is 552 g/mol. The van der Waals surface area contributed by atoms with Crippen LogP contribution in [-0.2, 0) is 26.3 Å². The Morgan fingerprint density at radius 2 is 1.69 bits per heavy atom. The fourth-order valence-corrected chi connectivity index (χ4v) is 6.85. The summed E-state index contributed by atoms with van der Waals surface area (Å²) in [6.07, 6.45) is -0.960. The number of nitrogens with zero attached hydrogens (tertiary/aromatic N) is 1. The highest BCUT2D eigenvalue weighted by Crippen LogP contribution is 2.36. The van der Waals surface area contributed by atoms with Crippen LogP contribution in [0.1, 0.15) is 11.1 Å². The number of para-hydroxylation sites is 2. The summed E-state index contributed by atoms with van der Waals surface area (Å²) < 4.78 is 33.7. The summed E-state index contributed by atoms with van der Waals surface area (Å²) in [6, 6.07) is 21.2. The monoisotopic (exact) mass is 550 g/mol. The van der Waals surface area contributed by atoms with Gasteiger partial charge in [-0.1, -0.05) is 71.7 Å². The Bertz CT molecular complexity index is 1270. The smallest absolute Gasteiger partial charge is 0.263 e. The summed E-state index contributed by atoms with van der Waals surface area (Å²) in [4.78, 5) is 12.9. The lowest BCUT2D eigenvalue weighted by Gasteiger charge is -2.34. The first kappa shape index (κ1) is 25.7. The molecule has 3 aromatic carbocycles. The largest absolute Gasteiger partial charge is 0.476 e. The minimum atomic E-state index is -3.74. The van der Waals surface area contributed by atoms with Crippen LogP contribution in [0.4, 0.5) is 5.69 Å². The van der Waals surface area contributed by atoms with Gasteiger partial charge in [0.1, 0.15) is 5.75 Å². The number of carbonyl (C=O) groups excluding carboxylic acids is 1. The van der Waals surface area contributed by atoms with Gasteiger partial charge in [0.25, 0.3) is 5.91 Å². The van der Waals surface area contributed by atoms with Crippen molar-refractivity contribution >= 4 is 56.6 Å². The van der Waals surface area contributed by atoms with Crippen molar-refractivity contribution < 1.29 is 17.9 Å². The molecule has 0 aliphatic carbocycles. The van der Waals surface area contributed by atoms with E-state index in [4.69, 9.17) is 27.9 Å². The first-order valence-electron chi connectivity index (χ1n) is 10.9. The molecular weight excluding hydrogens is 527 g/mol. The Balaban J connectivity index is 1.38. The van der Waals surface area contributed by atoms with Gasteiger partial charge in [-0.15, -0.1) is 0 Å². The fraction of sp³-hybridized carbons (Fsp3) is 0.240. The molecule has 1 aliphatic heterocycles. The summed E-state index contributed by atoms with van der Waals surface area (Å²) in [7, 11) is -3.74. The van der Waals surface area contributed by atoms with E-state index >= 15 is 0 Å². The summed E-state index contributed by atoms with van der Waals surface area (Å²) in [5.74, 6) is 1.08. The number of hydrogen-bond donors (Lipinski definition) is 1. The topological polar surface area (TPSA) is 75.7 Å². The van der Waals surface area contributed by atoms with Crippen LogP contribution in [0.3, 0.4) is 0 Å². The van der Waals surface area contributed by atoms with Gasteiger partial charge in [0, 0.05) is 28.1 Å². The maximum atomic E-state index is 13.3. The van der Waals surface area contributed by atoms with Crippen LogP contribution in [0.2, 0.25) is 10.0 Å². The second-order valence-corrected chi connectivity index (χ2v) is 11.7. The molecule has 184 valence electrons. The average Bonchev–Trinajstić information content (AvgIpc) is 2.85. The van der Waals surface area contributed by atoms with Crippen molar-refractivity contribution in [3.8, 4) is 5.75 Å². The minimum Gasteiger partial charge on any atom is -0.476 e. The quantitative estimate of drug-likeness (QED) is 0.373. The molecule has 4 rings (SSSR count). The van der Waals surface area contributed by atoms with Crippen LogP contribution in [0, 0.1) is 0 Å². The summed E-state index contributed by atoms with van der Waals surface area (Å²) in [5.41, 5.74) is 1.96. The molecule has 0 fully saturated rings. The van der Waals surface area contributed by atoms with Crippen LogP contribution in [0.5, 0.6) is 5.75 Å². The Morgan fingerprint density at radius 3 is 2.43 bits per heavy atom. The lowest BCUT2D eigenvalue weighted by Crippen LogP contribution is -2.51. The minimum absolute atomic E-state index is 0.0968. The number of ether oxygens (including phenoxy) is 1. The lowest BCUT2D eigenvalue weighted by atomic mass is 10.2. The van der Waals surface area contributed by atoms with Crippen molar-refractivity contribution in [1.29, 1.82) is 0 Å². The van der Waals surface area contributed by atoms with E-state index in [1.54, 1.807) is 78.5 Å². The molecule has 1 amide bonds. The van der Waals surface area contributed by atoms with Gasteiger partial charge in [-0.3, -0.25) is 9.10 Å². The van der Waals surface area contributed by atoms with E-state index < -0.39 is 16.1 Å². The Hall–Kier alpha value is -2.39. The molecule has 6 nitrogen and oxygen atoms in total. The van der Waals surface area contributed by atoms with Gasteiger partial charge in [0.2, 0.25) is 10.0 Å². The van der Waals surface area contributed by atoms with Crippen molar-refractivity contribution in [1.82, 2.24) is 5.32 Å². The van der Waals surface area contributed by atoms with Gasteiger partial charge in [0.05, 0.1) is 18.0 Å². The standard InChI is InChI=1S/C25H24Cl2N2O4S2/c26-20-9-6-10-21(27)19(20)16-34-14-13-28-25(30)24-15-29(22-11-4-5-12-23(22)33-24)35(31,32)17-18-7-2-1-3-8-18/h1-12,24H,13-17H2,(H,28,30)/t24-/m0/s1. The van der Waals surface area contributed by atoms with E-state index in [-0.39, 0.29) is 18.2 Å². The summed E-state index contributed by atoms with van der Waals surface area (Å²) >= 11 is 14.0. The van der Waals surface area contributed by atoms with Gasteiger partial charge in [-0.05, 0) is 35.4 Å². The van der Waals surface area contributed by atoms with E-state index in [0.717, 1.165) is 5.56 Å². The lowest BCUT2D eigenvalue weighted by molar-refractivity contribution is -0.127. The van der Waals surface area contributed by atoms with Crippen LogP contribution in [-0.4, -0.2) is 39.3 Å². The number of nitrogens with one attached hydrogen (secondary N) is 1. The number of fused-ring (bicyclic) bond motifs is 1. The number of benzene rings is 3. The molecule has 1 N–H and O–H groups in total. The van der Waals surface area contributed by atoms with Crippen molar-refractivity contribution in [3.05, 3.63) is 94.0 Å². The van der Waals surface area contributed by atoms with Gasteiger partial charge in [0.15, 0.2) is 6.10 Å². The first-order chi connectivity index (χ1) is 16.8. The van der Waals surface area contributed by atoms with Crippen LogP contribution in [0.15, 0.2) is 72.8 Å². The van der Waals surface area contributed by atoms with E-state index in [0.29, 0.717) is 45.1 Å². The molecule has 3 aromatic rings. The molecule has 1 atom stereocenters. The predicted octanol–water partition coefficient (Wildman–Crippen LogP) is 5.14. The number of sulfonamides is 1. The van der Waals surface area contributed by atoms with Gasteiger partial charge in [-0.2, -0.15) is 11.8 Å². The van der Waals surface area contributed by atoms with Crippen molar-refractivity contribution in [2.75, 3.05) is 23.1 Å². The van der Waals surface area contributed by atoms with Crippen LogP contribution in [0.25, 0.3) is 0 Å². The number of carbonyl (C=O) groups is 1. The van der Waals surface area contributed by atoms with Crippen molar-refractivity contribution in [2.45, 2.75) is 17.6 Å². The van der Waals surface area contributed by atoms with Gasteiger partial charge < -0.3 is 10.1 Å². The Labute approximate surface area is 219 Å². The SMILES string of the molecule is O=C(NCCSCc1c(Cl)cccc1Cl)[C@@H]1CN(S(=O)(=O)Cc2ccccc2)c2ccccc2O1. The van der Waals surface area contributed by atoms with E-state index in [9.17, 15) is 13.2 Å². The first-order valence-corrected chi connectivity index (χ1v) is 14.5. The molecule has 1 aliphatic rings. The van der Waals surface area contributed by atoms with Gasteiger partial charge >= 0.3 is 0 Å². The molecule has 0 aromatic heterocycles. The molecule has 35 heavy (non-hydrogen) atoms. The number of anilines is 1. The number of hydrogen-bond acceptors (Lipinski definition) is 5. The molecule has 0 spiro atoms. The molecule has 1 heterocycles. The van der Waals surface area contributed by atoms with E-state index in [2.05, 4.69) is 5.32 Å². The number of halogens is 2. The molecule has 0 unspecified atom stereocenters. The zero-order valence-electron chi connectivity index (χ0n) is 18.7. The molecule has 10 heteroatoms. The van der Waals surface area contributed by atoms with E-state index in [1.807, 2.05) is 6.07 Å². The summed E-state index contributed by atoms with van der Waals surface area (Å²) in [6.45, 7) is 0.296. The maximum Gasteiger partial charge on any atom is 0.263 e. The fourth-order valence-electron chi connectivity index (χ4n) is 3.67. The highest BCUT2D eigenvalue weighted by Gasteiger charge is 2.36. The zero-order valence-corrected chi connectivity index (χ0v) is 21.8. The second-order valence-electron chi connectivity index (χ2n) is 7.89. The third-order valence-electron chi connectivity index (χ3n) is 5.41.